The molecule has 0 aliphatic rings. The van der Waals surface area contributed by atoms with E-state index in [1.54, 1.807) is 0 Å². The Morgan fingerprint density at radius 3 is 2.04 bits per heavy atom. The standard InChI is InChI=1S/C21H28N2O3/c1-22-19-10-6-17(7-11-19)16-18-8-12-20(13-9-18)23-21(25)26-15-5-3-2-4-14-24/h6-13,22,24H,2-5,14-16H2,1H3,(H,23,25). The fourth-order valence-corrected chi connectivity index (χ4v) is 2.62. The van der Waals surface area contributed by atoms with Gasteiger partial charge in [0.25, 0.3) is 0 Å². The number of carbonyl (C=O) groups excluding carboxylic acids is 1. The molecule has 0 radical (unpaired) electrons. The predicted molar refractivity (Wildman–Crippen MR) is 106 cm³/mol. The lowest BCUT2D eigenvalue weighted by molar-refractivity contribution is 0.158. The Kier molecular flexibility index (Phi) is 8.49. The average molecular weight is 356 g/mol. The number of amides is 1. The molecule has 0 unspecified atom stereocenters. The number of carbonyl (C=O) groups is 1. The van der Waals surface area contributed by atoms with Crippen molar-refractivity contribution in [2.45, 2.75) is 32.1 Å². The van der Waals surface area contributed by atoms with Gasteiger partial charge in [0.15, 0.2) is 0 Å². The number of aliphatic hydroxyl groups excluding tert-OH is 1. The van der Waals surface area contributed by atoms with Crippen molar-refractivity contribution in [3.05, 3.63) is 59.7 Å². The van der Waals surface area contributed by atoms with Crippen molar-refractivity contribution in [3.63, 3.8) is 0 Å². The van der Waals surface area contributed by atoms with E-state index < -0.39 is 6.09 Å². The third kappa shape index (κ3) is 7.15. The van der Waals surface area contributed by atoms with Crippen molar-refractivity contribution < 1.29 is 14.6 Å². The van der Waals surface area contributed by atoms with Crippen LogP contribution in [0.1, 0.15) is 36.8 Å². The second kappa shape index (κ2) is 11.2. The van der Waals surface area contributed by atoms with Gasteiger partial charge in [-0.2, -0.15) is 0 Å². The normalized spacial score (nSPS) is 10.4. The zero-order valence-electron chi connectivity index (χ0n) is 15.3. The fraction of sp³-hybridized carbons (Fsp3) is 0.381. The molecule has 0 heterocycles. The highest BCUT2D eigenvalue weighted by Crippen LogP contribution is 2.16. The van der Waals surface area contributed by atoms with Crippen molar-refractivity contribution in [2.75, 3.05) is 30.9 Å². The van der Waals surface area contributed by atoms with Crippen LogP contribution in [0.25, 0.3) is 0 Å². The van der Waals surface area contributed by atoms with Crippen LogP contribution in [-0.4, -0.2) is 31.5 Å². The second-order valence-electron chi connectivity index (χ2n) is 6.22. The Morgan fingerprint density at radius 2 is 1.46 bits per heavy atom. The number of hydrogen-bond acceptors (Lipinski definition) is 4. The Balaban J connectivity index is 1.73. The summed E-state index contributed by atoms with van der Waals surface area (Å²) in [5.41, 5.74) is 4.25. The van der Waals surface area contributed by atoms with Crippen LogP contribution >= 0.6 is 0 Å². The van der Waals surface area contributed by atoms with Gasteiger partial charge >= 0.3 is 6.09 Å². The maximum Gasteiger partial charge on any atom is 0.411 e. The number of anilines is 2. The number of nitrogens with one attached hydrogen (secondary N) is 2. The zero-order chi connectivity index (χ0) is 18.6. The third-order valence-corrected chi connectivity index (χ3v) is 4.14. The molecular weight excluding hydrogens is 328 g/mol. The Labute approximate surface area is 155 Å². The van der Waals surface area contributed by atoms with Crippen molar-refractivity contribution in [1.82, 2.24) is 0 Å². The fourth-order valence-electron chi connectivity index (χ4n) is 2.62. The number of hydrogen-bond donors (Lipinski definition) is 3. The number of rotatable bonds is 10. The topological polar surface area (TPSA) is 70.6 Å². The minimum absolute atomic E-state index is 0.221. The van der Waals surface area contributed by atoms with E-state index in [0.29, 0.717) is 6.61 Å². The van der Waals surface area contributed by atoms with Crippen molar-refractivity contribution in [1.29, 1.82) is 0 Å². The molecule has 0 spiro atoms. The lowest BCUT2D eigenvalue weighted by atomic mass is 10.0. The van der Waals surface area contributed by atoms with Crippen LogP contribution < -0.4 is 10.6 Å². The van der Waals surface area contributed by atoms with Gasteiger partial charge in [-0.3, -0.25) is 5.32 Å². The average Bonchev–Trinajstić information content (AvgIpc) is 2.67. The smallest absolute Gasteiger partial charge is 0.411 e. The molecule has 3 N–H and O–H groups in total. The summed E-state index contributed by atoms with van der Waals surface area (Å²) in [6.45, 7) is 0.622. The van der Waals surface area contributed by atoms with Crippen molar-refractivity contribution in [2.24, 2.45) is 0 Å². The lowest BCUT2D eigenvalue weighted by Crippen LogP contribution is -2.14. The third-order valence-electron chi connectivity index (χ3n) is 4.14. The van der Waals surface area contributed by atoms with E-state index in [1.807, 2.05) is 31.3 Å². The van der Waals surface area contributed by atoms with Gasteiger partial charge in [-0.15, -0.1) is 0 Å². The molecule has 2 rings (SSSR count). The molecule has 26 heavy (non-hydrogen) atoms. The minimum Gasteiger partial charge on any atom is -0.449 e. The number of aliphatic hydroxyl groups is 1. The highest BCUT2D eigenvalue weighted by Gasteiger charge is 2.04. The summed E-state index contributed by atoms with van der Waals surface area (Å²) < 4.78 is 5.16. The first-order valence-corrected chi connectivity index (χ1v) is 9.11. The summed E-state index contributed by atoms with van der Waals surface area (Å²) in [7, 11) is 1.91. The van der Waals surface area contributed by atoms with E-state index in [0.717, 1.165) is 43.5 Å². The molecular formula is C21H28N2O3. The molecule has 2 aromatic carbocycles. The minimum atomic E-state index is -0.428. The predicted octanol–water partition coefficient (Wildman–Crippen LogP) is 4.42. The molecule has 5 nitrogen and oxygen atoms in total. The molecule has 0 aliphatic carbocycles. The SMILES string of the molecule is CNc1ccc(Cc2ccc(NC(=O)OCCCCCCO)cc2)cc1. The maximum atomic E-state index is 11.8. The van der Waals surface area contributed by atoms with Crippen LogP contribution in [0.5, 0.6) is 0 Å². The molecule has 5 heteroatoms. The first kappa shape index (κ1) is 19.8. The number of unbranched alkanes of at least 4 members (excludes halogenated alkanes) is 3. The molecule has 0 aliphatic heterocycles. The van der Waals surface area contributed by atoms with E-state index in [2.05, 4.69) is 34.9 Å². The Morgan fingerprint density at radius 1 is 0.885 bits per heavy atom. The van der Waals surface area contributed by atoms with Crippen LogP contribution in [-0.2, 0) is 11.2 Å². The zero-order valence-corrected chi connectivity index (χ0v) is 15.3. The van der Waals surface area contributed by atoms with Gasteiger partial charge in [0.05, 0.1) is 6.61 Å². The first-order chi connectivity index (χ1) is 12.7. The molecule has 0 saturated heterocycles. The Hall–Kier alpha value is -2.53. The van der Waals surface area contributed by atoms with Gasteiger partial charge in [0, 0.05) is 25.0 Å². The summed E-state index contributed by atoms with van der Waals surface area (Å²) in [5, 5.41) is 14.5. The molecule has 0 bridgehead atoms. The van der Waals surface area contributed by atoms with E-state index in [9.17, 15) is 4.79 Å². The number of ether oxygens (including phenoxy) is 1. The summed E-state index contributed by atoms with van der Waals surface area (Å²) >= 11 is 0. The highest BCUT2D eigenvalue weighted by molar-refractivity contribution is 5.84. The quantitative estimate of drug-likeness (QED) is 0.551. The van der Waals surface area contributed by atoms with Crippen molar-refractivity contribution >= 4 is 17.5 Å². The molecule has 0 atom stereocenters. The summed E-state index contributed by atoms with van der Waals surface area (Å²) in [4.78, 5) is 11.8. The monoisotopic (exact) mass is 356 g/mol. The lowest BCUT2D eigenvalue weighted by Gasteiger charge is -2.08. The molecule has 2 aromatic rings. The molecule has 1 amide bonds. The summed E-state index contributed by atoms with van der Waals surface area (Å²) in [6.07, 6.45) is 3.96. The maximum absolute atomic E-state index is 11.8. The summed E-state index contributed by atoms with van der Waals surface area (Å²) in [6, 6.07) is 16.1. The van der Waals surface area contributed by atoms with Gasteiger partial charge < -0.3 is 15.2 Å². The van der Waals surface area contributed by atoms with Gasteiger partial charge in [0.1, 0.15) is 0 Å². The molecule has 0 saturated carbocycles. The molecule has 140 valence electrons. The van der Waals surface area contributed by atoms with Crippen LogP contribution in [0.2, 0.25) is 0 Å². The summed E-state index contributed by atoms with van der Waals surface area (Å²) in [5.74, 6) is 0. The van der Waals surface area contributed by atoms with E-state index >= 15 is 0 Å². The van der Waals surface area contributed by atoms with Gasteiger partial charge in [-0.1, -0.05) is 30.7 Å². The molecule has 0 fully saturated rings. The highest BCUT2D eigenvalue weighted by atomic mass is 16.5. The van der Waals surface area contributed by atoms with Crippen molar-refractivity contribution in [3.8, 4) is 0 Å². The van der Waals surface area contributed by atoms with E-state index in [-0.39, 0.29) is 6.61 Å². The van der Waals surface area contributed by atoms with Crippen LogP contribution in [0.15, 0.2) is 48.5 Å². The van der Waals surface area contributed by atoms with Crippen LogP contribution in [0, 0.1) is 0 Å². The first-order valence-electron chi connectivity index (χ1n) is 9.11. The van der Waals surface area contributed by atoms with Gasteiger partial charge in [-0.05, 0) is 61.1 Å². The number of benzene rings is 2. The second-order valence-corrected chi connectivity index (χ2v) is 6.22. The van der Waals surface area contributed by atoms with E-state index in [4.69, 9.17) is 9.84 Å². The van der Waals surface area contributed by atoms with E-state index in [1.165, 1.54) is 11.1 Å². The van der Waals surface area contributed by atoms with Crippen LogP contribution in [0.4, 0.5) is 16.2 Å². The van der Waals surface area contributed by atoms with Gasteiger partial charge in [-0.25, -0.2) is 4.79 Å². The Bertz CT molecular complexity index is 654. The van der Waals surface area contributed by atoms with Gasteiger partial charge in [0.2, 0.25) is 0 Å². The largest absolute Gasteiger partial charge is 0.449 e. The van der Waals surface area contributed by atoms with Crippen LogP contribution in [0.3, 0.4) is 0 Å². The molecule has 0 aromatic heterocycles.